The molecule has 3 aromatic rings. The van der Waals surface area contributed by atoms with Gasteiger partial charge in [0.15, 0.2) is 0 Å². The summed E-state index contributed by atoms with van der Waals surface area (Å²) >= 11 is 6.16. The Hall–Kier alpha value is -2.70. The summed E-state index contributed by atoms with van der Waals surface area (Å²) in [6, 6.07) is 15.8. The van der Waals surface area contributed by atoms with Gasteiger partial charge in [0.1, 0.15) is 0 Å². The number of aryl methyl sites for hydroxylation is 1. The van der Waals surface area contributed by atoms with E-state index >= 15 is 0 Å². The Bertz CT molecular complexity index is 1100. The third-order valence-corrected chi connectivity index (χ3v) is 6.64. The van der Waals surface area contributed by atoms with Gasteiger partial charge in [-0.05, 0) is 43.0 Å². The normalized spacial score (nSPS) is 18.2. The Morgan fingerprint density at radius 2 is 1.87 bits per heavy atom. The van der Waals surface area contributed by atoms with Crippen LogP contribution < -0.4 is 0 Å². The number of carbonyl (C=O) groups excluding carboxylic acids is 1. The molecule has 0 atom stereocenters. The summed E-state index contributed by atoms with van der Waals surface area (Å²) in [7, 11) is 0. The fourth-order valence-electron chi connectivity index (χ4n) is 4.39. The predicted octanol–water partition coefficient (Wildman–Crippen LogP) is 4.07. The Morgan fingerprint density at radius 3 is 2.58 bits per heavy atom. The summed E-state index contributed by atoms with van der Waals surface area (Å²) in [6.45, 7) is 5.64. The molecule has 0 N–H and O–H groups in total. The van der Waals surface area contributed by atoms with Gasteiger partial charge in [0.2, 0.25) is 17.6 Å². The highest BCUT2D eigenvalue weighted by Gasteiger charge is 2.53. The molecule has 1 saturated heterocycles. The number of amides is 1. The minimum absolute atomic E-state index is 0.231. The lowest BCUT2D eigenvalue weighted by atomic mass is 9.94. The minimum atomic E-state index is -0.373. The van der Waals surface area contributed by atoms with Crippen molar-refractivity contribution < 1.29 is 9.32 Å². The summed E-state index contributed by atoms with van der Waals surface area (Å²) in [6.07, 6.45) is 1.80. The van der Waals surface area contributed by atoms with Crippen LogP contribution in [0.3, 0.4) is 0 Å². The van der Waals surface area contributed by atoms with Gasteiger partial charge in [-0.15, -0.1) is 0 Å². The summed E-state index contributed by atoms with van der Waals surface area (Å²) in [5.74, 6) is 1.46. The van der Waals surface area contributed by atoms with Crippen LogP contribution in [-0.2, 0) is 16.8 Å². The Balaban J connectivity index is 1.20. The molecule has 1 saturated carbocycles. The Labute approximate surface area is 186 Å². The molecule has 0 spiro atoms. The summed E-state index contributed by atoms with van der Waals surface area (Å²) in [4.78, 5) is 22.1. The van der Waals surface area contributed by atoms with Crippen molar-refractivity contribution in [2.24, 2.45) is 0 Å². The largest absolute Gasteiger partial charge is 0.339 e. The zero-order valence-electron chi connectivity index (χ0n) is 17.6. The van der Waals surface area contributed by atoms with Gasteiger partial charge in [-0.1, -0.05) is 53.2 Å². The van der Waals surface area contributed by atoms with Crippen molar-refractivity contribution >= 4 is 17.5 Å². The molecule has 160 valence electrons. The topological polar surface area (TPSA) is 62.5 Å². The third kappa shape index (κ3) is 3.98. The molecule has 2 fully saturated rings. The summed E-state index contributed by atoms with van der Waals surface area (Å²) < 4.78 is 5.49. The Morgan fingerprint density at radius 1 is 1.10 bits per heavy atom. The first-order valence-electron chi connectivity index (χ1n) is 10.7. The molecular weight excluding hydrogens is 412 g/mol. The second kappa shape index (κ2) is 8.09. The van der Waals surface area contributed by atoms with E-state index < -0.39 is 0 Å². The molecule has 1 amide bonds. The van der Waals surface area contributed by atoms with E-state index in [1.54, 1.807) is 0 Å². The van der Waals surface area contributed by atoms with Gasteiger partial charge >= 0.3 is 0 Å². The van der Waals surface area contributed by atoms with E-state index in [-0.39, 0.29) is 11.3 Å². The van der Waals surface area contributed by atoms with E-state index in [9.17, 15) is 4.79 Å². The quantitative estimate of drug-likeness (QED) is 0.603. The molecule has 1 aromatic heterocycles. The summed E-state index contributed by atoms with van der Waals surface area (Å²) in [5.41, 5.74) is 2.78. The number of nitrogens with zero attached hydrogens (tertiary/aromatic N) is 4. The van der Waals surface area contributed by atoms with Crippen LogP contribution in [0.4, 0.5) is 0 Å². The number of piperazine rings is 1. The molecule has 1 aliphatic heterocycles. The number of carbonyl (C=O) groups is 1. The van der Waals surface area contributed by atoms with Crippen LogP contribution in [0.15, 0.2) is 53.1 Å². The lowest BCUT2D eigenvalue weighted by Gasteiger charge is -2.36. The lowest BCUT2D eigenvalue weighted by Crippen LogP contribution is -2.51. The molecule has 2 aliphatic rings. The SMILES string of the molecule is Cc1ccccc1-c1noc(CN2CCN(C(=O)C3(c4cccc(Cl)c4)CC3)CC2)n1. The fourth-order valence-corrected chi connectivity index (χ4v) is 4.58. The average molecular weight is 437 g/mol. The second-order valence-electron chi connectivity index (χ2n) is 8.49. The zero-order chi connectivity index (χ0) is 21.4. The van der Waals surface area contributed by atoms with Crippen molar-refractivity contribution in [2.45, 2.75) is 31.7 Å². The van der Waals surface area contributed by atoms with E-state index in [0.717, 1.165) is 42.6 Å². The maximum absolute atomic E-state index is 13.3. The van der Waals surface area contributed by atoms with Crippen molar-refractivity contribution in [1.29, 1.82) is 0 Å². The van der Waals surface area contributed by atoms with Crippen LogP contribution in [0.5, 0.6) is 0 Å². The third-order valence-electron chi connectivity index (χ3n) is 6.41. The summed E-state index contributed by atoms with van der Waals surface area (Å²) in [5, 5.41) is 4.84. The van der Waals surface area contributed by atoms with Crippen LogP contribution in [0, 0.1) is 6.92 Å². The van der Waals surface area contributed by atoms with E-state index in [0.29, 0.717) is 36.4 Å². The smallest absolute Gasteiger partial charge is 0.241 e. The van der Waals surface area contributed by atoms with Crippen LogP contribution >= 0.6 is 11.6 Å². The van der Waals surface area contributed by atoms with Gasteiger partial charge in [-0.25, -0.2) is 0 Å². The highest BCUT2D eigenvalue weighted by atomic mass is 35.5. The first-order valence-corrected chi connectivity index (χ1v) is 11.1. The maximum Gasteiger partial charge on any atom is 0.241 e. The van der Waals surface area contributed by atoms with E-state index in [4.69, 9.17) is 16.1 Å². The second-order valence-corrected chi connectivity index (χ2v) is 8.92. The van der Waals surface area contributed by atoms with Gasteiger partial charge in [0.05, 0.1) is 12.0 Å². The van der Waals surface area contributed by atoms with Crippen molar-refractivity contribution in [2.75, 3.05) is 26.2 Å². The maximum atomic E-state index is 13.3. The highest BCUT2D eigenvalue weighted by Crippen LogP contribution is 2.50. The molecule has 6 nitrogen and oxygen atoms in total. The minimum Gasteiger partial charge on any atom is -0.339 e. The van der Waals surface area contributed by atoms with Gasteiger partial charge in [-0.3, -0.25) is 9.69 Å². The highest BCUT2D eigenvalue weighted by molar-refractivity contribution is 6.30. The number of benzene rings is 2. The van der Waals surface area contributed by atoms with Crippen LogP contribution in [-0.4, -0.2) is 52.0 Å². The van der Waals surface area contributed by atoms with Gasteiger partial charge in [0, 0.05) is 36.8 Å². The van der Waals surface area contributed by atoms with Crippen molar-refractivity contribution in [3.8, 4) is 11.4 Å². The molecule has 0 bridgehead atoms. The van der Waals surface area contributed by atoms with Crippen molar-refractivity contribution in [1.82, 2.24) is 19.9 Å². The predicted molar refractivity (Wildman–Crippen MR) is 119 cm³/mol. The zero-order valence-corrected chi connectivity index (χ0v) is 18.3. The molecule has 2 aromatic carbocycles. The first kappa shape index (κ1) is 20.2. The number of hydrogen-bond acceptors (Lipinski definition) is 5. The monoisotopic (exact) mass is 436 g/mol. The van der Waals surface area contributed by atoms with Gasteiger partial charge < -0.3 is 9.42 Å². The first-order chi connectivity index (χ1) is 15.0. The van der Waals surface area contributed by atoms with Gasteiger partial charge in [0.25, 0.3) is 0 Å². The standard InChI is InChI=1S/C24H25ClN4O2/c1-17-5-2-3-8-20(17)22-26-21(31-27-22)16-28-11-13-29(14-12-28)23(30)24(9-10-24)18-6-4-7-19(25)15-18/h2-8,15H,9-14,16H2,1H3. The van der Waals surface area contributed by atoms with Crippen LogP contribution in [0.1, 0.15) is 29.9 Å². The lowest BCUT2D eigenvalue weighted by molar-refractivity contribution is -0.135. The van der Waals surface area contributed by atoms with E-state index in [1.165, 1.54) is 0 Å². The molecule has 7 heteroatoms. The molecule has 0 unspecified atom stereocenters. The van der Waals surface area contributed by atoms with Crippen LogP contribution in [0.25, 0.3) is 11.4 Å². The van der Waals surface area contributed by atoms with Crippen LogP contribution in [0.2, 0.25) is 5.02 Å². The van der Waals surface area contributed by atoms with Crippen molar-refractivity contribution in [3.05, 3.63) is 70.6 Å². The number of hydrogen-bond donors (Lipinski definition) is 0. The molecule has 1 aliphatic carbocycles. The molecular formula is C24H25ClN4O2. The van der Waals surface area contributed by atoms with Gasteiger partial charge in [-0.2, -0.15) is 4.98 Å². The molecule has 0 radical (unpaired) electrons. The van der Waals surface area contributed by atoms with Crippen molar-refractivity contribution in [3.63, 3.8) is 0 Å². The number of halogens is 1. The van der Waals surface area contributed by atoms with E-state index in [2.05, 4.69) is 15.0 Å². The molecule has 31 heavy (non-hydrogen) atoms. The Kier molecular flexibility index (Phi) is 5.28. The van der Waals surface area contributed by atoms with E-state index in [1.807, 2.05) is 60.4 Å². The fraction of sp³-hybridized carbons (Fsp3) is 0.375. The molecule has 2 heterocycles. The molecule has 5 rings (SSSR count). The average Bonchev–Trinajstić information content (AvgIpc) is 3.47. The number of rotatable bonds is 5. The number of aromatic nitrogens is 2.